The van der Waals surface area contributed by atoms with Gasteiger partial charge in [0.15, 0.2) is 5.65 Å². The number of anilines is 1. The van der Waals surface area contributed by atoms with E-state index in [1.54, 1.807) is 12.1 Å². The van der Waals surface area contributed by atoms with Crippen molar-refractivity contribution >= 4 is 22.9 Å². The fourth-order valence-electron chi connectivity index (χ4n) is 2.75. The molecule has 0 bridgehead atoms. The molecule has 0 saturated heterocycles. The summed E-state index contributed by atoms with van der Waals surface area (Å²) in [6, 6.07) is 7.68. The Morgan fingerprint density at radius 2 is 2.07 bits per heavy atom. The lowest BCUT2D eigenvalue weighted by atomic mass is 10.2. The SMILES string of the molecule is COc1ccc(C)cc1NC(=O)NCCn1c(C(F)(F)F)nc2cccnc21. The molecule has 0 fully saturated rings. The van der Waals surface area contributed by atoms with Crippen molar-refractivity contribution in [2.24, 2.45) is 0 Å². The summed E-state index contributed by atoms with van der Waals surface area (Å²) in [5.41, 5.74) is 1.63. The first-order valence-electron chi connectivity index (χ1n) is 8.37. The van der Waals surface area contributed by atoms with Crippen LogP contribution in [0, 0.1) is 6.92 Å². The molecule has 10 heteroatoms. The minimum absolute atomic E-state index is 0.0505. The van der Waals surface area contributed by atoms with Crippen LogP contribution in [0.5, 0.6) is 5.75 Å². The number of carbonyl (C=O) groups excluding carboxylic acids is 1. The zero-order chi connectivity index (χ0) is 20.3. The highest BCUT2D eigenvalue weighted by Gasteiger charge is 2.37. The molecule has 2 N–H and O–H groups in total. The van der Waals surface area contributed by atoms with Gasteiger partial charge in [-0.15, -0.1) is 0 Å². The van der Waals surface area contributed by atoms with Gasteiger partial charge in [0.05, 0.1) is 12.8 Å². The second kappa shape index (κ2) is 7.75. The fourth-order valence-corrected chi connectivity index (χ4v) is 2.75. The third-order valence-corrected chi connectivity index (χ3v) is 3.98. The lowest BCUT2D eigenvalue weighted by molar-refractivity contribution is -0.146. The molecule has 28 heavy (non-hydrogen) atoms. The lowest BCUT2D eigenvalue weighted by Gasteiger charge is -2.13. The molecule has 2 heterocycles. The molecular weight excluding hydrogens is 375 g/mol. The largest absolute Gasteiger partial charge is 0.495 e. The topological polar surface area (TPSA) is 81.1 Å². The third kappa shape index (κ3) is 4.16. The highest BCUT2D eigenvalue weighted by Crippen LogP contribution is 2.30. The van der Waals surface area contributed by atoms with Crippen molar-refractivity contribution in [2.45, 2.75) is 19.6 Å². The predicted octanol–water partition coefficient (Wildman–Crippen LogP) is 3.59. The number of halogens is 3. The molecule has 1 aromatic carbocycles. The molecule has 3 aromatic rings. The number of benzene rings is 1. The first-order chi connectivity index (χ1) is 13.3. The van der Waals surface area contributed by atoms with Gasteiger partial charge in [0.1, 0.15) is 11.3 Å². The first kappa shape index (κ1) is 19.5. The molecule has 148 valence electrons. The molecule has 0 aliphatic rings. The Kier molecular flexibility index (Phi) is 5.39. The monoisotopic (exact) mass is 393 g/mol. The number of carbonyl (C=O) groups is 1. The zero-order valence-electron chi connectivity index (χ0n) is 15.2. The summed E-state index contributed by atoms with van der Waals surface area (Å²) in [5.74, 6) is -0.575. The van der Waals surface area contributed by atoms with E-state index in [4.69, 9.17) is 4.74 Å². The number of rotatable bonds is 5. The molecule has 0 atom stereocenters. The van der Waals surface area contributed by atoms with Gasteiger partial charge in [-0.1, -0.05) is 6.07 Å². The smallest absolute Gasteiger partial charge is 0.449 e. The Labute approximate surface area is 158 Å². The highest BCUT2D eigenvalue weighted by atomic mass is 19.4. The van der Waals surface area contributed by atoms with Crippen LogP contribution in [0.1, 0.15) is 11.4 Å². The van der Waals surface area contributed by atoms with E-state index in [9.17, 15) is 18.0 Å². The average Bonchev–Trinajstić information content (AvgIpc) is 3.01. The number of pyridine rings is 1. The van der Waals surface area contributed by atoms with Crippen LogP contribution < -0.4 is 15.4 Å². The summed E-state index contributed by atoms with van der Waals surface area (Å²) in [6.07, 6.45) is -3.23. The van der Waals surface area contributed by atoms with Crippen molar-refractivity contribution in [1.29, 1.82) is 0 Å². The van der Waals surface area contributed by atoms with Crippen molar-refractivity contribution in [2.75, 3.05) is 19.0 Å². The highest BCUT2D eigenvalue weighted by molar-refractivity contribution is 5.91. The van der Waals surface area contributed by atoms with Gasteiger partial charge in [-0.3, -0.25) is 0 Å². The summed E-state index contributed by atoms with van der Waals surface area (Å²) in [5, 5.41) is 5.16. The number of fused-ring (bicyclic) bond motifs is 1. The van der Waals surface area contributed by atoms with Gasteiger partial charge >= 0.3 is 12.2 Å². The van der Waals surface area contributed by atoms with Crippen LogP contribution in [0.25, 0.3) is 11.2 Å². The number of imidazole rings is 1. The minimum Gasteiger partial charge on any atom is -0.495 e. The van der Waals surface area contributed by atoms with Crippen LogP contribution in [0.2, 0.25) is 0 Å². The van der Waals surface area contributed by atoms with Crippen LogP contribution in [-0.4, -0.2) is 34.2 Å². The molecule has 2 aromatic heterocycles. The van der Waals surface area contributed by atoms with Crippen molar-refractivity contribution < 1.29 is 22.7 Å². The maximum atomic E-state index is 13.3. The summed E-state index contributed by atoms with van der Waals surface area (Å²) in [6.45, 7) is 1.67. The predicted molar refractivity (Wildman–Crippen MR) is 97.3 cm³/mol. The van der Waals surface area contributed by atoms with Gasteiger partial charge < -0.3 is 19.9 Å². The molecule has 0 aliphatic carbocycles. The van der Waals surface area contributed by atoms with E-state index in [-0.39, 0.29) is 24.3 Å². The average molecular weight is 393 g/mol. The molecule has 0 aliphatic heterocycles. The summed E-state index contributed by atoms with van der Waals surface area (Å²) in [4.78, 5) is 19.7. The quantitative estimate of drug-likeness (QED) is 0.694. The van der Waals surface area contributed by atoms with Gasteiger partial charge in [0.2, 0.25) is 5.82 Å². The third-order valence-electron chi connectivity index (χ3n) is 3.98. The van der Waals surface area contributed by atoms with Crippen molar-refractivity contribution in [3.63, 3.8) is 0 Å². The Bertz CT molecular complexity index is 1000. The summed E-state index contributed by atoms with van der Waals surface area (Å²) < 4.78 is 45.9. The van der Waals surface area contributed by atoms with Gasteiger partial charge in [-0.2, -0.15) is 13.2 Å². The summed E-state index contributed by atoms with van der Waals surface area (Å²) >= 11 is 0. The van der Waals surface area contributed by atoms with E-state index >= 15 is 0 Å². The fraction of sp³-hybridized carbons (Fsp3) is 0.278. The van der Waals surface area contributed by atoms with E-state index < -0.39 is 18.0 Å². The van der Waals surface area contributed by atoms with E-state index in [2.05, 4.69) is 20.6 Å². The molecule has 0 unspecified atom stereocenters. The molecule has 7 nitrogen and oxygen atoms in total. The number of alkyl halides is 3. The van der Waals surface area contributed by atoms with Crippen molar-refractivity contribution in [3.05, 3.63) is 47.9 Å². The minimum atomic E-state index is -4.63. The number of ether oxygens (including phenoxy) is 1. The zero-order valence-corrected chi connectivity index (χ0v) is 15.2. The molecule has 0 radical (unpaired) electrons. The van der Waals surface area contributed by atoms with Crippen molar-refractivity contribution in [1.82, 2.24) is 19.9 Å². The molecule has 3 rings (SSSR count). The van der Waals surface area contributed by atoms with Gasteiger partial charge in [-0.25, -0.2) is 14.8 Å². The number of amides is 2. The Hall–Kier alpha value is -3.30. The Morgan fingerprint density at radius 3 is 2.79 bits per heavy atom. The van der Waals surface area contributed by atoms with Crippen LogP contribution in [0.15, 0.2) is 36.5 Å². The van der Waals surface area contributed by atoms with Crippen LogP contribution in [0.3, 0.4) is 0 Å². The molecule has 0 saturated carbocycles. The summed E-state index contributed by atoms with van der Waals surface area (Å²) in [7, 11) is 1.48. The molecular formula is C18H18F3N5O2. The number of urea groups is 1. The van der Waals surface area contributed by atoms with E-state index in [0.717, 1.165) is 10.1 Å². The van der Waals surface area contributed by atoms with Crippen LogP contribution in [-0.2, 0) is 12.7 Å². The molecule has 0 spiro atoms. The maximum Gasteiger partial charge on any atom is 0.449 e. The van der Waals surface area contributed by atoms with Crippen LogP contribution >= 0.6 is 0 Å². The van der Waals surface area contributed by atoms with E-state index in [0.29, 0.717) is 11.4 Å². The Balaban J connectivity index is 1.70. The number of methoxy groups -OCH3 is 1. The number of aryl methyl sites for hydroxylation is 1. The van der Waals surface area contributed by atoms with Crippen LogP contribution in [0.4, 0.5) is 23.7 Å². The second-order valence-corrected chi connectivity index (χ2v) is 6.02. The van der Waals surface area contributed by atoms with Crippen molar-refractivity contribution in [3.8, 4) is 5.75 Å². The number of aromatic nitrogens is 3. The number of hydrogen-bond donors (Lipinski definition) is 2. The Morgan fingerprint density at radius 1 is 1.29 bits per heavy atom. The number of hydrogen-bond acceptors (Lipinski definition) is 4. The van der Waals surface area contributed by atoms with Gasteiger partial charge in [0.25, 0.3) is 0 Å². The van der Waals surface area contributed by atoms with Gasteiger partial charge in [-0.05, 0) is 36.8 Å². The van der Waals surface area contributed by atoms with E-state index in [1.807, 2.05) is 13.0 Å². The lowest BCUT2D eigenvalue weighted by Crippen LogP contribution is -2.32. The maximum absolute atomic E-state index is 13.3. The molecule has 2 amide bonds. The normalized spacial score (nSPS) is 11.5. The van der Waals surface area contributed by atoms with Gasteiger partial charge in [0, 0.05) is 19.3 Å². The second-order valence-electron chi connectivity index (χ2n) is 6.02. The number of nitrogens with zero attached hydrogens (tertiary/aromatic N) is 3. The van der Waals surface area contributed by atoms with E-state index in [1.165, 1.54) is 25.4 Å². The standard InChI is InChI=1S/C18H18F3N5O2/c1-11-5-6-14(28-2)13(10-11)25-17(27)23-8-9-26-15-12(4-3-7-22-15)24-16(26)18(19,20)21/h3-7,10H,8-9H2,1-2H3,(H2,23,25,27). The first-order valence-corrected chi connectivity index (χ1v) is 8.37. The number of nitrogens with one attached hydrogen (secondary N) is 2.